The third kappa shape index (κ3) is 7.92. The van der Waals surface area contributed by atoms with E-state index in [4.69, 9.17) is 9.84 Å². The minimum Gasteiger partial charge on any atom is -0.390 e. The largest absolute Gasteiger partial charge is 0.390 e. The van der Waals surface area contributed by atoms with Gasteiger partial charge in [-0.3, -0.25) is 0 Å². The quantitative estimate of drug-likeness (QED) is 0.577. The number of hydrogen-bond donors (Lipinski definition) is 1. The molecule has 0 aliphatic heterocycles. The molecule has 0 amide bonds. The Labute approximate surface area is 56.8 Å². The Morgan fingerprint density at radius 1 is 1.56 bits per heavy atom. The van der Waals surface area contributed by atoms with Crippen LogP contribution in [0, 0.1) is 6.92 Å². The molecule has 1 radical (unpaired) electrons. The van der Waals surface area contributed by atoms with Gasteiger partial charge in [-0.2, -0.15) is 0 Å². The molecule has 0 atom stereocenters. The van der Waals surface area contributed by atoms with E-state index in [0.717, 1.165) is 0 Å². The van der Waals surface area contributed by atoms with Crippen LogP contribution >= 0.6 is 0 Å². The summed E-state index contributed by atoms with van der Waals surface area (Å²) in [4.78, 5) is 0. The lowest BCUT2D eigenvalue weighted by Crippen LogP contribution is -2.20. The molecule has 0 rings (SSSR count). The van der Waals surface area contributed by atoms with Crippen molar-refractivity contribution in [2.45, 2.75) is 25.9 Å². The van der Waals surface area contributed by atoms with Crippen LogP contribution in [0.1, 0.15) is 20.3 Å². The lowest BCUT2D eigenvalue weighted by Gasteiger charge is -2.15. The van der Waals surface area contributed by atoms with Gasteiger partial charge in [0.1, 0.15) is 0 Å². The Morgan fingerprint density at radius 3 is 2.44 bits per heavy atom. The fourth-order valence-electron chi connectivity index (χ4n) is 0.424. The molecule has 0 saturated heterocycles. The lowest BCUT2D eigenvalue weighted by atomic mass is 10.1. The zero-order chi connectivity index (χ0) is 7.33. The van der Waals surface area contributed by atoms with Crippen LogP contribution in [0.2, 0.25) is 0 Å². The Hall–Kier alpha value is -0.0800. The average Bonchev–Trinajstić information content (AvgIpc) is 1.63. The smallest absolute Gasteiger partial charge is 0.0613 e. The summed E-state index contributed by atoms with van der Waals surface area (Å²) >= 11 is 0. The van der Waals surface area contributed by atoms with E-state index in [1.807, 2.05) is 0 Å². The molecular weight excluding hydrogens is 116 g/mol. The van der Waals surface area contributed by atoms with Crippen LogP contribution in [0.15, 0.2) is 0 Å². The van der Waals surface area contributed by atoms with Crippen molar-refractivity contribution in [3.8, 4) is 0 Å². The minimum absolute atomic E-state index is 0.482. The Balaban J connectivity index is 3.07. The zero-order valence-corrected chi connectivity index (χ0v) is 6.18. The van der Waals surface area contributed by atoms with E-state index >= 15 is 0 Å². The van der Waals surface area contributed by atoms with Crippen molar-refractivity contribution in [1.29, 1.82) is 0 Å². The summed E-state index contributed by atoms with van der Waals surface area (Å²) in [5.41, 5.74) is -0.602. The molecule has 2 heteroatoms. The van der Waals surface area contributed by atoms with E-state index < -0.39 is 5.60 Å². The molecule has 0 bridgehead atoms. The van der Waals surface area contributed by atoms with Gasteiger partial charge in [0, 0.05) is 13.2 Å². The van der Waals surface area contributed by atoms with Crippen molar-refractivity contribution in [3.05, 3.63) is 6.92 Å². The van der Waals surface area contributed by atoms with Crippen molar-refractivity contribution >= 4 is 0 Å². The van der Waals surface area contributed by atoms with Crippen LogP contribution in [0.25, 0.3) is 0 Å². The van der Waals surface area contributed by atoms with E-state index in [-0.39, 0.29) is 0 Å². The molecule has 0 heterocycles. The van der Waals surface area contributed by atoms with Gasteiger partial charge in [0.15, 0.2) is 0 Å². The van der Waals surface area contributed by atoms with Crippen molar-refractivity contribution in [1.82, 2.24) is 0 Å². The van der Waals surface area contributed by atoms with Crippen LogP contribution < -0.4 is 0 Å². The summed E-state index contributed by atoms with van der Waals surface area (Å²) in [7, 11) is 0. The molecule has 0 fully saturated rings. The second-order valence-corrected chi connectivity index (χ2v) is 2.67. The highest BCUT2D eigenvalue weighted by Gasteiger charge is 2.10. The molecule has 0 saturated carbocycles. The molecule has 2 nitrogen and oxygen atoms in total. The average molecular weight is 131 g/mol. The number of hydrogen-bond acceptors (Lipinski definition) is 2. The summed E-state index contributed by atoms with van der Waals surface area (Å²) in [5, 5.41) is 9.14. The van der Waals surface area contributed by atoms with Crippen LogP contribution in [0.4, 0.5) is 0 Å². The van der Waals surface area contributed by atoms with Gasteiger partial charge in [0.2, 0.25) is 0 Å². The molecule has 0 unspecified atom stereocenters. The van der Waals surface area contributed by atoms with Gasteiger partial charge in [-0.1, -0.05) is 0 Å². The van der Waals surface area contributed by atoms with E-state index in [0.29, 0.717) is 19.6 Å². The van der Waals surface area contributed by atoms with Gasteiger partial charge < -0.3 is 9.84 Å². The summed E-state index contributed by atoms with van der Waals surface area (Å²) in [6.07, 6.45) is 0.669. The number of ether oxygens (including phenoxy) is 1. The van der Waals surface area contributed by atoms with Crippen molar-refractivity contribution in [2.75, 3.05) is 13.2 Å². The highest BCUT2D eigenvalue weighted by Crippen LogP contribution is 2.05. The molecule has 55 valence electrons. The van der Waals surface area contributed by atoms with Gasteiger partial charge >= 0.3 is 0 Å². The van der Waals surface area contributed by atoms with Crippen molar-refractivity contribution in [3.63, 3.8) is 0 Å². The first-order valence-corrected chi connectivity index (χ1v) is 3.15. The topological polar surface area (TPSA) is 29.5 Å². The fraction of sp³-hybridized carbons (Fsp3) is 0.857. The maximum atomic E-state index is 9.14. The Kier molecular flexibility index (Phi) is 3.82. The maximum Gasteiger partial charge on any atom is 0.0613 e. The SMILES string of the molecule is [CH2]COCCC(C)(C)O. The second-order valence-electron chi connectivity index (χ2n) is 2.67. The Morgan fingerprint density at radius 2 is 2.11 bits per heavy atom. The summed E-state index contributed by atoms with van der Waals surface area (Å²) in [6.45, 7) is 8.10. The van der Waals surface area contributed by atoms with Gasteiger partial charge in [-0.25, -0.2) is 0 Å². The Bertz CT molecular complexity index is 63.8. The second kappa shape index (κ2) is 3.85. The first kappa shape index (κ1) is 8.92. The molecule has 0 aromatic carbocycles. The molecule has 1 N–H and O–H groups in total. The van der Waals surface area contributed by atoms with Crippen molar-refractivity contribution < 1.29 is 9.84 Å². The molecular formula is C7H15O2. The zero-order valence-electron chi connectivity index (χ0n) is 6.18. The third-order valence-electron chi connectivity index (χ3n) is 1.00. The first-order valence-electron chi connectivity index (χ1n) is 3.15. The summed E-state index contributed by atoms with van der Waals surface area (Å²) in [5.74, 6) is 0. The highest BCUT2D eigenvalue weighted by molar-refractivity contribution is 4.63. The van der Waals surface area contributed by atoms with Gasteiger partial charge in [-0.15, -0.1) is 0 Å². The lowest BCUT2D eigenvalue weighted by molar-refractivity contribution is 0.0341. The van der Waals surface area contributed by atoms with E-state index in [9.17, 15) is 0 Å². The number of aliphatic hydroxyl groups is 1. The minimum atomic E-state index is -0.602. The molecule has 0 aliphatic carbocycles. The standard InChI is InChI=1S/C7H15O2/c1-4-9-6-5-7(2,3)8/h8H,1,4-6H2,2-3H3. The van der Waals surface area contributed by atoms with E-state index in [2.05, 4.69) is 6.92 Å². The van der Waals surface area contributed by atoms with Crippen LogP contribution in [0.5, 0.6) is 0 Å². The van der Waals surface area contributed by atoms with Gasteiger partial charge in [0.05, 0.1) is 5.60 Å². The normalized spacial score (nSPS) is 12.0. The van der Waals surface area contributed by atoms with Gasteiger partial charge in [0.25, 0.3) is 0 Å². The molecule has 0 spiro atoms. The monoisotopic (exact) mass is 131 g/mol. The highest BCUT2D eigenvalue weighted by atomic mass is 16.5. The summed E-state index contributed by atoms with van der Waals surface area (Å²) in [6, 6.07) is 0. The van der Waals surface area contributed by atoms with E-state index in [1.165, 1.54) is 0 Å². The van der Waals surface area contributed by atoms with Crippen LogP contribution in [0.3, 0.4) is 0 Å². The third-order valence-corrected chi connectivity index (χ3v) is 1.00. The number of rotatable bonds is 4. The molecule has 0 aromatic heterocycles. The fourth-order valence-corrected chi connectivity index (χ4v) is 0.424. The van der Waals surface area contributed by atoms with Crippen molar-refractivity contribution in [2.24, 2.45) is 0 Å². The maximum absolute atomic E-state index is 9.14. The predicted octanol–water partition coefficient (Wildman–Crippen LogP) is 0.998. The molecule has 9 heavy (non-hydrogen) atoms. The van der Waals surface area contributed by atoms with Crippen LogP contribution in [-0.4, -0.2) is 23.9 Å². The predicted molar refractivity (Wildman–Crippen MR) is 37.1 cm³/mol. The summed E-state index contributed by atoms with van der Waals surface area (Å²) < 4.78 is 4.94. The molecule has 0 aliphatic rings. The van der Waals surface area contributed by atoms with E-state index in [1.54, 1.807) is 13.8 Å². The molecule has 0 aromatic rings. The van der Waals surface area contributed by atoms with Gasteiger partial charge in [-0.05, 0) is 27.2 Å². The first-order chi connectivity index (χ1) is 4.06. The van der Waals surface area contributed by atoms with Crippen LogP contribution in [-0.2, 0) is 4.74 Å².